The Hall–Kier alpha value is -2.40. The molecule has 3 rings (SSSR count). The lowest BCUT2D eigenvalue weighted by atomic mass is 9.73. The fraction of sp³-hybridized carbons (Fsp3) is 0.458. The van der Waals surface area contributed by atoms with E-state index in [1.54, 1.807) is 12.1 Å². The third-order valence-electron chi connectivity index (χ3n) is 5.79. The van der Waals surface area contributed by atoms with Crippen molar-refractivity contribution < 1.29 is 18.7 Å². The van der Waals surface area contributed by atoms with E-state index in [0.717, 1.165) is 34.5 Å². The van der Waals surface area contributed by atoms with Crippen molar-refractivity contribution >= 4 is 11.6 Å². The predicted molar refractivity (Wildman–Crippen MR) is 113 cm³/mol. The highest BCUT2D eigenvalue weighted by Crippen LogP contribution is 2.37. The summed E-state index contributed by atoms with van der Waals surface area (Å²) in [6, 6.07) is 10.1. The van der Waals surface area contributed by atoms with Gasteiger partial charge < -0.3 is 14.8 Å². The topological polar surface area (TPSA) is 47.6 Å². The molecule has 4 nitrogen and oxygen atoms in total. The average Bonchev–Trinajstić information content (AvgIpc) is 2.71. The average molecular weight is 400 g/mol. The highest BCUT2D eigenvalue weighted by Gasteiger charge is 2.41. The van der Waals surface area contributed by atoms with Crippen LogP contribution in [0.1, 0.15) is 49.8 Å². The zero-order valence-electron chi connectivity index (χ0n) is 17.7. The summed E-state index contributed by atoms with van der Waals surface area (Å²) in [5.41, 5.74) is 2.82. The molecule has 5 heteroatoms. The monoisotopic (exact) mass is 399 g/mol. The van der Waals surface area contributed by atoms with Gasteiger partial charge in [-0.25, -0.2) is 4.39 Å². The maximum Gasteiger partial charge on any atom is 0.235 e. The molecule has 1 heterocycles. The Kier molecular flexibility index (Phi) is 6.58. The molecular formula is C24H30FNO3. The van der Waals surface area contributed by atoms with Gasteiger partial charge in [-0.2, -0.15) is 0 Å². The first-order valence-electron chi connectivity index (χ1n) is 10.3. The summed E-state index contributed by atoms with van der Waals surface area (Å²) in [5, 5.41) is 3.10. The van der Waals surface area contributed by atoms with Gasteiger partial charge in [-0.1, -0.05) is 19.1 Å². The molecule has 0 bridgehead atoms. The third-order valence-corrected chi connectivity index (χ3v) is 5.79. The SMILES string of the molecule is CC[C@H](C)Oc1c(C)cc(NC(=O)C2(c3ccc(F)cc3)CCOCC2)cc1C. The van der Waals surface area contributed by atoms with Crippen LogP contribution in [0.2, 0.25) is 0 Å². The van der Waals surface area contributed by atoms with Crippen LogP contribution in [0.3, 0.4) is 0 Å². The highest BCUT2D eigenvalue weighted by atomic mass is 19.1. The molecule has 0 unspecified atom stereocenters. The number of hydrogen-bond donors (Lipinski definition) is 1. The Morgan fingerprint density at radius 1 is 1.17 bits per heavy atom. The van der Waals surface area contributed by atoms with Crippen LogP contribution < -0.4 is 10.1 Å². The molecule has 1 aliphatic heterocycles. The van der Waals surface area contributed by atoms with Crippen LogP contribution in [0.25, 0.3) is 0 Å². The van der Waals surface area contributed by atoms with Gasteiger partial charge in [-0.15, -0.1) is 0 Å². The van der Waals surface area contributed by atoms with Gasteiger partial charge in [0, 0.05) is 18.9 Å². The molecule has 1 N–H and O–H groups in total. The number of halogens is 1. The van der Waals surface area contributed by atoms with Gasteiger partial charge in [-0.3, -0.25) is 4.79 Å². The van der Waals surface area contributed by atoms with Crippen LogP contribution in [0.15, 0.2) is 36.4 Å². The first-order valence-corrected chi connectivity index (χ1v) is 10.3. The lowest BCUT2D eigenvalue weighted by Crippen LogP contribution is -2.44. The van der Waals surface area contributed by atoms with Crippen LogP contribution in [-0.4, -0.2) is 25.2 Å². The molecule has 0 aliphatic carbocycles. The molecule has 0 spiro atoms. The minimum absolute atomic E-state index is 0.0817. The van der Waals surface area contributed by atoms with Crippen molar-refractivity contribution in [1.82, 2.24) is 0 Å². The van der Waals surface area contributed by atoms with Crippen molar-refractivity contribution in [3.8, 4) is 5.75 Å². The summed E-state index contributed by atoms with van der Waals surface area (Å²) in [5.74, 6) is 0.484. The molecule has 1 fully saturated rings. The van der Waals surface area contributed by atoms with Gasteiger partial charge in [0.05, 0.1) is 11.5 Å². The first kappa shape index (κ1) is 21.3. The van der Waals surface area contributed by atoms with E-state index < -0.39 is 5.41 Å². The summed E-state index contributed by atoms with van der Waals surface area (Å²) in [4.78, 5) is 13.4. The zero-order valence-corrected chi connectivity index (χ0v) is 17.7. The van der Waals surface area contributed by atoms with Gasteiger partial charge in [0.1, 0.15) is 11.6 Å². The number of amides is 1. The van der Waals surface area contributed by atoms with Gasteiger partial charge >= 0.3 is 0 Å². The Morgan fingerprint density at radius 2 is 1.76 bits per heavy atom. The van der Waals surface area contributed by atoms with Gasteiger partial charge in [0.2, 0.25) is 5.91 Å². The largest absolute Gasteiger partial charge is 0.490 e. The number of rotatable bonds is 6. The lowest BCUT2D eigenvalue weighted by molar-refractivity contribution is -0.125. The van der Waals surface area contributed by atoms with E-state index in [1.807, 2.05) is 32.9 Å². The number of carbonyl (C=O) groups is 1. The number of ether oxygens (including phenoxy) is 2. The van der Waals surface area contributed by atoms with Crippen LogP contribution in [0.4, 0.5) is 10.1 Å². The molecule has 1 amide bonds. The van der Waals surface area contributed by atoms with Crippen molar-refractivity contribution in [2.24, 2.45) is 0 Å². The van der Waals surface area contributed by atoms with E-state index in [9.17, 15) is 9.18 Å². The summed E-state index contributed by atoms with van der Waals surface area (Å²) in [6.45, 7) is 9.13. The minimum atomic E-state index is -0.723. The predicted octanol–water partition coefficient (Wildman–Crippen LogP) is 5.31. The number of hydrogen-bond acceptors (Lipinski definition) is 3. The number of nitrogens with one attached hydrogen (secondary N) is 1. The third kappa shape index (κ3) is 4.61. The summed E-state index contributed by atoms with van der Waals surface area (Å²) in [6.07, 6.45) is 2.20. The Bertz CT molecular complexity index is 834. The molecule has 0 radical (unpaired) electrons. The number of aryl methyl sites for hydroxylation is 2. The molecule has 2 aromatic carbocycles. The highest BCUT2D eigenvalue weighted by molar-refractivity contribution is 5.99. The number of benzene rings is 2. The zero-order chi connectivity index (χ0) is 21.0. The quantitative estimate of drug-likeness (QED) is 0.716. The summed E-state index contributed by atoms with van der Waals surface area (Å²) in [7, 11) is 0. The van der Waals surface area contributed by atoms with Gasteiger partial charge in [0.15, 0.2) is 0 Å². The minimum Gasteiger partial charge on any atom is -0.490 e. The number of anilines is 1. The molecule has 0 saturated carbocycles. The molecule has 0 aromatic heterocycles. The number of carbonyl (C=O) groups excluding carboxylic acids is 1. The second kappa shape index (κ2) is 8.95. The van der Waals surface area contributed by atoms with Crippen molar-refractivity contribution in [2.45, 2.75) is 58.5 Å². The maximum absolute atomic E-state index is 13.4. The van der Waals surface area contributed by atoms with Gasteiger partial charge in [-0.05, 0) is 81.0 Å². The Labute approximate surface area is 172 Å². The van der Waals surface area contributed by atoms with Crippen molar-refractivity contribution in [2.75, 3.05) is 18.5 Å². The van der Waals surface area contributed by atoms with Crippen LogP contribution in [-0.2, 0) is 14.9 Å². The summed E-state index contributed by atoms with van der Waals surface area (Å²) < 4.78 is 25.0. The smallest absolute Gasteiger partial charge is 0.235 e. The van der Waals surface area contributed by atoms with Crippen molar-refractivity contribution in [3.63, 3.8) is 0 Å². The first-order chi connectivity index (χ1) is 13.9. The molecule has 2 aromatic rings. The fourth-order valence-electron chi connectivity index (χ4n) is 3.88. The van der Waals surface area contributed by atoms with Gasteiger partial charge in [0.25, 0.3) is 0 Å². The van der Waals surface area contributed by atoms with Crippen LogP contribution >= 0.6 is 0 Å². The standard InChI is InChI=1S/C24H30FNO3/c1-5-18(4)29-22-16(2)14-21(15-17(22)3)26-23(27)24(10-12-28-13-11-24)19-6-8-20(25)9-7-19/h6-9,14-15,18H,5,10-13H2,1-4H3,(H,26,27)/t18-/m0/s1. The second-order valence-corrected chi connectivity index (χ2v) is 7.93. The van der Waals surface area contributed by atoms with E-state index in [-0.39, 0.29) is 17.8 Å². The van der Waals surface area contributed by atoms with E-state index in [4.69, 9.17) is 9.47 Å². The molecule has 1 aliphatic rings. The molecule has 156 valence electrons. The maximum atomic E-state index is 13.4. The molecular weight excluding hydrogens is 369 g/mol. The normalized spacial score (nSPS) is 16.9. The van der Waals surface area contributed by atoms with Crippen molar-refractivity contribution in [3.05, 3.63) is 58.9 Å². The van der Waals surface area contributed by atoms with Crippen LogP contribution in [0, 0.1) is 19.7 Å². The molecule has 1 atom stereocenters. The Balaban J connectivity index is 1.87. The fourth-order valence-corrected chi connectivity index (χ4v) is 3.88. The molecule has 1 saturated heterocycles. The second-order valence-electron chi connectivity index (χ2n) is 7.93. The lowest BCUT2D eigenvalue weighted by Gasteiger charge is -2.36. The van der Waals surface area contributed by atoms with E-state index in [1.165, 1.54) is 12.1 Å². The summed E-state index contributed by atoms with van der Waals surface area (Å²) >= 11 is 0. The molecule has 29 heavy (non-hydrogen) atoms. The van der Waals surface area contributed by atoms with E-state index >= 15 is 0 Å². The van der Waals surface area contributed by atoms with Crippen LogP contribution in [0.5, 0.6) is 5.75 Å². The van der Waals surface area contributed by atoms with E-state index in [2.05, 4.69) is 12.2 Å². The Morgan fingerprint density at radius 3 is 2.31 bits per heavy atom. The van der Waals surface area contributed by atoms with Crippen molar-refractivity contribution in [1.29, 1.82) is 0 Å². The van der Waals surface area contributed by atoms with E-state index in [0.29, 0.717) is 26.1 Å².